The molecule has 0 atom stereocenters. The molecule has 210 valence electrons. The lowest BCUT2D eigenvalue weighted by atomic mass is 10.2. The number of para-hydroxylation sites is 2. The van der Waals surface area contributed by atoms with Crippen molar-refractivity contribution in [2.24, 2.45) is 0 Å². The van der Waals surface area contributed by atoms with E-state index < -0.39 is 0 Å². The quantitative estimate of drug-likeness (QED) is 0.133. The number of fused-ring (bicyclic) bond motifs is 2. The van der Waals surface area contributed by atoms with E-state index in [-0.39, 0.29) is 11.1 Å². The first-order chi connectivity index (χ1) is 20.5. The van der Waals surface area contributed by atoms with E-state index >= 15 is 0 Å². The summed E-state index contributed by atoms with van der Waals surface area (Å²) in [5.41, 5.74) is 5.84. The van der Waals surface area contributed by atoms with Crippen molar-refractivity contribution in [3.05, 3.63) is 140 Å². The van der Waals surface area contributed by atoms with Crippen molar-refractivity contribution in [3.8, 4) is 0 Å². The highest BCUT2D eigenvalue weighted by atomic mass is 32.2. The van der Waals surface area contributed by atoms with Crippen LogP contribution < -0.4 is 11.1 Å². The van der Waals surface area contributed by atoms with Crippen molar-refractivity contribution in [3.63, 3.8) is 0 Å². The Hall–Kier alpha value is -4.14. The van der Waals surface area contributed by atoms with Gasteiger partial charge < -0.3 is 0 Å². The predicted molar refractivity (Wildman–Crippen MR) is 173 cm³/mol. The second kappa shape index (κ2) is 12.4. The highest BCUT2D eigenvalue weighted by molar-refractivity contribution is 7.98. The zero-order chi connectivity index (χ0) is 29.1. The summed E-state index contributed by atoms with van der Waals surface area (Å²) in [6.45, 7) is 4.72. The normalized spacial score (nSPS) is 11.4. The Bertz CT molecular complexity index is 1850. The third kappa shape index (κ3) is 6.05. The minimum absolute atomic E-state index is 0.109. The summed E-state index contributed by atoms with van der Waals surface area (Å²) in [6.07, 6.45) is 0. The maximum atomic E-state index is 13.7. The van der Waals surface area contributed by atoms with Gasteiger partial charge in [-0.1, -0.05) is 107 Å². The van der Waals surface area contributed by atoms with Crippen molar-refractivity contribution >= 4 is 45.3 Å². The molecule has 0 saturated heterocycles. The summed E-state index contributed by atoms with van der Waals surface area (Å²) in [5, 5.41) is 2.40. The van der Waals surface area contributed by atoms with Crippen LogP contribution in [0.3, 0.4) is 0 Å². The molecule has 0 fully saturated rings. The second-order valence-electron chi connectivity index (χ2n) is 10.3. The summed E-state index contributed by atoms with van der Waals surface area (Å²) in [5.74, 6) is 1.36. The molecule has 0 aliphatic heterocycles. The van der Waals surface area contributed by atoms with Crippen LogP contribution in [0.25, 0.3) is 21.8 Å². The highest BCUT2D eigenvalue weighted by Crippen LogP contribution is 2.25. The van der Waals surface area contributed by atoms with Crippen molar-refractivity contribution in [1.29, 1.82) is 0 Å². The first-order valence-electron chi connectivity index (χ1n) is 13.8. The van der Waals surface area contributed by atoms with Crippen LogP contribution in [-0.2, 0) is 24.6 Å². The molecule has 0 unspecified atom stereocenters. The molecule has 6 aromatic rings. The van der Waals surface area contributed by atoms with Gasteiger partial charge >= 0.3 is 0 Å². The van der Waals surface area contributed by atoms with Crippen molar-refractivity contribution in [1.82, 2.24) is 19.1 Å². The summed E-state index contributed by atoms with van der Waals surface area (Å²) < 4.78 is 3.41. The lowest BCUT2D eigenvalue weighted by Crippen LogP contribution is -2.30. The summed E-state index contributed by atoms with van der Waals surface area (Å²) in [7, 11) is 0. The number of hydrogen-bond acceptors (Lipinski definition) is 6. The third-order valence-corrected chi connectivity index (χ3v) is 9.27. The van der Waals surface area contributed by atoms with Gasteiger partial charge in [0.25, 0.3) is 11.1 Å². The molecule has 4 aromatic carbocycles. The van der Waals surface area contributed by atoms with Crippen molar-refractivity contribution < 1.29 is 0 Å². The van der Waals surface area contributed by atoms with Crippen LogP contribution in [0.5, 0.6) is 0 Å². The van der Waals surface area contributed by atoms with Crippen LogP contribution in [0.1, 0.15) is 22.3 Å². The van der Waals surface area contributed by atoms with Crippen LogP contribution in [0.15, 0.2) is 117 Å². The fraction of sp³-hybridized carbons (Fsp3) is 0.176. The van der Waals surface area contributed by atoms with Gasteiger partial charge in [-0.2, -0.15) is 0 Å². The zero-order valence-electron chi connectivity index (χ0n) is 23.5. The largest absolute Gasteiger partial charge is 0.285 e. The number of hydrogen-bond donors (Lipinski definition) is 0. The van der Waals surface area contributed by atoms with Crippen molar-refractivity contribution in [2.45, 2.75) is 48.8 Å². The van der Waals surface area contributed by atoms with E-state index in [2.05, 4.69) is 62.4 Å². The van der Waals surface area contributed by atoms with E-state index in [0.717, 1.165) is 11.1 Å². The van der Waals surface area contributed by atoms with Crippen LogP contribution >= 0.6 is 23.5 Å². The van der Waals surface area contributed by atoms with Crippen LogP contribution in [0.4, 0.5) is 0 Å². The van der Waals surface area contributed by atoms with Gasteiger partial charge in [0.15, 0.2) is 10.3 Å². The van der Waals surface area contributed by atoms with E-state index in [1.165, 1.54) is 34.7 Å². The molecular weight excluding hydrogens is 561 g/mol. The van der Waals surface area contributed by atoms with E-state index in [1.807, 2.05) is 48.5 Å². The molecule has 0 N–H and O–H groups in total. The number of benzene rings is 4. The standard InChI is InChI=1S/C34H30N4O2S2/c1-23-11-15-25(16-12-23)21-41-33-35-29-9-5-3-7-27(29)31(39)37(33)19-20-38-32(40)28-8-4-6-10-30(28)36-34(38)42-22-26-17-13-24(2)14-18-26/h3-18H,19-22H2,1-2H3. The van der Waals surface area contributed by atoms with Gasteiger partial charge in [0.05, 0.1) is 21.8 Å². The minimum atomic E-state index is -0.109. The number of aryl methyl sites for hydroxylation is 2. The molecule has 0 spiro atoms. The maximum absolute atomic E-state index is 13.7. The molecule has 2 aromatic heterocycles. The summed E-state index contributed by atoms with van der Waals surface area (Å²) in [6, 6.07) is 31.6. The lowest BCUT2D eigenvalue weighted by molar-refractivity contribution is 0.486. The topological polar surface area (TPSA) is 69.8 Å². The number of aromatic nitrogens is 4. The Morgan fingerprint density at radius 3 is 1.33 bits per heavy atom. The average molecular weight is 591 g/mol. The Balaban J connectivity index is 1.35. The van der Waals surface area contributed by atoms with Gasteiger partial charge in [-0.25, -0.2) is 9.97 Å². The molecule has 0 radical (unpaired) electrons. The Morgan fingerprint density at radius 2 is 0.929 bits per heavy atom. The predicted octanol–water partition coefficient (Wildman–Crippen LogP) is 7.01. The highest BCUT2D eigenvalue weighted by Gasteiger charge is 2.16. The second-order valence-corrected chi connectivity index (χ2v) is 12.2. The van der Waals surface area contributed by atoms with Gasteiger partial charge in [0, 0.05) is 24.6 Å². The van der Waals surface area contributed by atoms with E-state index in [0.29, 0.717) is 56.7 Å². The first-order valence-corrected chi connectivity index (χ1v) is 15.8. The fourth-order valence-electron chi connectivity index (χ4n) is 4.77. The number of thioether (sulfide) groups is 2. The molecule has 6 nitrogen and oxygen atoms in total. The van der Waals surface area contributed by atoms with E-state index in [1.54, 1.807) is 9.13 Å². The molecule has 0 saturated carbocycles. The molecule has 0 aliphatic rings. The van der Waals surface area contributed by atoms with Gasteiger partial charge in [-0.15, -0.1) is 0 Å². The average Bonchev–Trinajstić information content (AvgIpc) is 3.01. The Labute approximate surface area is 252 Å². The molecule has 6 rings (SSSR count). The Kier molecular flexibility index (Phi) is 8.26. The first kappa shape index (κ1) is 28.0. The third-order valence-electron chi connectivity index (χ3n) is 7.18. The van der Waals surface area contributed by atoms with Gasteiger partial charge in [-0.3, -0.25) is 18.7 Å². The monoisotopic (exact) mass is 590 g/mol. The van der Waals surface area contributed by atoms with Gasteiger partial charge in [0.2, 0.25) is 0 Å². The van der Waals surface area contributed by atoms with Crippen LogP contribution in [0, 0.1) is 13.8 Å². The minimum Gasteiger partial charge on any atom is -0.285 e. The molecular formula is C34H30N4O2S2. The molecule has 42 heavy (non-hydrogen) atoms. The SMILES string of the molecule is Cc1ccc(CSc2nc3ccccc3c(=O)n2CCn2c(SCc3ccc(C)cc3)nc3ccccc3c2=O)cc1. The molecule has 8 heteroatoms. The smallest absolute Gasteiger partial charge is 0.262 e. The molecule has 0 aliphatic carbocycles. The van der Waals surface area contributed by atoms with E-state index in [9.17, 15) is 9.59 Å². The Morgan fingerprint density at radius 1 is 0.548 bits per heavy atom. The van der Waals surface area contributed by atoms with Crippen LogP contribution in [0.2, 0.25) is 0 Å². The van der Waals surface area contributed by atoms with Gasteiger partial charge in [-0.05, 0) is 49.2 Å². The zero-order valence-corrected chi connectivity index (χ0v) is 25.1. The maximum Gasteiger partial charge on any atom is 0.262 e. The van der Waals surface area contributed by atoms with Gasteiger partial charge in [0.1, 0.15) is 0 Å². The summed E-state index contributed by atoms with van der Waals surface area (Å²) >= 11 is 3.07. The summed E-state index contributed by atoms with van der Waals surface area (Å²) in [4.78, 5) is 37.2. The van der Waals surface area contributed by atoms with Crippen molar-refractivity contribution in [2.75, 3.05) is 0 Å². The molecule has 0 amide bonds. The van der Waals surface area contributed by atoms with Crippen LogP contribution in [-0.4, -0.2) is 19.1 Å². The lowest BCUT2D eigenvalue weighted by Gasteiger charge is -2.16. The number of rotatable bonds is 9. The fourth-order valence-corrected chi connectivity index (χ4v) is 6.74. The molecule has 0 bridgehead atoms. The molecule has 2 heterocycles. The van der Waals surface area contributed by atoms with E-state index in [4.69, 9.17) is 9.97 Å². The number of nitrogens with zero attached hydrogens (tertiary/aromatic N) is 4.